The third-order valence-electron chi connectivity index (χ3n) is 4.33. The minimum atomic E-state index is -0.0651. The maximum atomic E-state index is 12.6. The number of nitrogens with zero attached hydrogens (tertiary/aromatic N) is 3. The van der Waals surface area contributed by atoms with Gasteiger partial charge in [-0.2, -0.15) is 5.10 Å². The number of amides is 1. The van der Waals surface area contributed by atoms with Gasteiger partial charge in [0.15, 0.2) is 5.11 Å². The average molecular weight is 354 g/mol. The fourth-order valence-corrected chi connectivity index (χ4v) is 3.20. The SMILES string of the molecule is CCCCN1C(=O)/C(=C/c2c(C)nn(-c3ccccc3)c2C)NC1=S. The first kappa shape index (κ1) is 17.4. The second-order valence-electron chi connectivity index (χ2n) is 6.13. The average Bonchev–Trinajstić information content (AvgIpc) is 3.04. The molecule has 0 bridgehead atoms. The number of hydrogen-bond donors (Lipinski definition) is 1. The van der Waals surface area contributed by atoms with Gasteiger partial charge in [-0.15, -0.1) is 0 Å². The Bertz CT molecular complexity index is 839. The smallest absolute Gasteiger partial charge is 0.276 e. The minimum absolute atomic E-state index is 0.0651. The molecule has 0 unspecified atom stereocenters. The molecule has 0 saturated carbocycles. The standard InChI is InChI=1S/C19H22N4OS/c1-4-5-11-22-18(24)17(20-19(22)25)12-16-13(2)21-23(14(16)3)15-9-7-6-8-10-15/h6-10,12H,4-5,11H2,1-3H3,(H,20,25)/b17-12-. The van der Waals surface area contributed by atoms with Crippen molar-refractivity contribution in [3.63, 3.8) is 0 Å². The lowest BCUT2D eigenvalue weighted by atomic mass is 10.1. The largest absolute Gasteiger partial charge is 0.328 e. The number of carbonyl (C=O) groups excluding carboxylic acids is 1. The number of para-hydroxylation sites is 1. The molecule has 0 atom stereocenters. The van der Waals surface area contributed by atoms with E-state index in [4.69, 9.17) is 12.2 Å². The molecule has 2 aromatic rings. The van der Waals surface area contributed by atoms with Crippen LogP contribution in [0, 0.1) is 13.8 Å². The summed E-state index contributed by atoms with van der Waals surface area (Å²) < 4.78 is 1.90. The summed E-state index contributed by atoms with van der Waals surface area (Å²) >= 11 is 5.30. The van der Waals surface area contributed by atoms with Crippen LogP contribution in [0.5, 0.6) is 0 Å². The minimum Gasteiger partial charge on any atom is -0.328 e. The van der Waals surface area contributed by atoms with Gasteiger partial charge in [0.25, 0.3) is 5.91 Å². The molecule has 1 aromatic heterocycles. The van der Waals surface area contributed by atoms with Crippen LogP contribution in [-0.2, 0) is 4.79 Å². The molecule has 6 heteroatoms. The van der Waals surface area contributed by atoms with Crippen LogP contribution in [0.4, 0.5) is 0 Å². The first-order valence-electron chi connectivity index (χ1n) is 8.49. The molecule has 1 amide bonds. The molecule has 0 radical (unpaired) electrons. The number of thiocarbonyl (C=S) groups is 1. The van der Waals surface area contributed by atoms with Crippen molar-refractivity contribution >= 4 is 29.3 Å². The van der Waals surface area contributed by atoms with Gasteiger partial charge in [0, 0.05) is 17.8 Å². The highest BCUT2D eigenvalue weighted by atomic mass is 32.1. The summed E-state index contributed by atoms with van der Waals surface area (Å²) in [5.74, 6) is -0.0651. The Morgan fingerprint density at radius 1 is 1.24 bits per heavy atom. The topological polar surface area (TPSA) is 50.2 Å². The maximum absolute atomic E-state index is 12.6. The van der Waals surface area contributed by atoms with Crippen molar-refractivity contribution < 1.29 is 4.79 Å². The molecule has 1 aromatic carbocycles. The van der Waals surface area contributed by atoms with E-state index in [2.05, 4.69) is 17.3 Å². The van der Waals surface area contributed by atoms with Crippen LogP contribution >= 0.6 is 12.2 Å². The van der Waals surface area contributed by atoms with Crippen molar-refractivity contribution in [3.8, 4) is 5.69 Å². The molecule has 25 heavy (non-hydrogen) atoms. The summed E-state index contributed by atoms with van der Waals surface area (Å²) in [4.78, 5) is 14.2. The number of nitrogens with one attached hydrogen (secondary N) is 1. The molecule has 0 aliphatic carbocycles. The van der Waals surface area contributed by atoms with Gasteiger partial charge in [0.2, 0.25) is 0 Å². The number of carbonyl (C=O) groups is 1. The predicted molar refractivity (Wildman–Crippen MR) is 103 cm³/mol. The molecule has 5 nitrogen and oxygen atoms in total. The van der Waals surface area contributed by atoms with E-state index in [9.17, 15) is 4.79 Å². The molecule has 1 N–H and O–H groups in total. The third-order valence-corrected chi connectivity index (χ3v) is 4.66. The molecule has 1 fully saturated rings. The van der Waals surface area contributed by atoms with Crippen LogP contribution < -0.4 is 5.32 Å². The van der Waals surface area contributed by atoms with Gasteiger partial charge in [0.05, 0.1) is 11.4 Å². The van der Waals surface area contributed by atoms with Crippen LogP contribution in [-0.4, -0.2) is 32.2 Å². The summed E-state index contributed by atoms with van der Waals surface area (Å²) in [5.41, 5.74) is 4.32. The van der Waals surface area contributed by atoms with E-state index in [1.54, 1.807) is 4.90 Å². The fraction of sp³-hybridized carbons (Fsp3) is 0.316. The van der Waals surface area contributed by atoms with E-state index < -0.39 is 0 Å². The van der Waals surface area contributed by atoms with Gasteiger partial charge in [-0.1, -0.05) is 31.5 Å². The highest BCUT2D eigenvalue weighted by Crippen LogP contribution is 2.22. The zero-order valence-electron chi connectivity index (χ0n) is 14.7. The van der Waals surface area contributed by atoms with Crippen molar-refractivity contribution in [1.82, 2.24) is 20.0 Å². The Morgan fingerprint density at radius 2 is 1.96 bits per heavy atom. The summed E-state index contributed by atoms with van der Waals surface area (Å²) in [6, 6.07) is 9.96. The number of unbranched alkanes of at least 4 members (excludes halogenated alkanes) is 1. The zero-order valence-corrected chi connectivity index (χ0v) is 15.6. The molecule has 0 spiro atoms. The normalized spacial score (nSPS) is 16.0. The van der Waals surface area contributed by atoms with Crippen molar-refractivity contribution in [2.24, 2.45) is 0 Å². The Labute approximate surface area is 153 Å². The van der Waals surface area contributed by atoms with Crippen LogP contribution in [0.3, 0.4) is 0 Å². The van der Waals surface area contributed by atoms with Crippen LogP contribution in [0.1, 0.15) is 36.7 Å². The summed E-state index contributed by atoms with van der Waals surface area (Å²) in [6.45, 7) is 6.70. The lowest BCUT2D eigenvalue weighted by Gasteiger charge is -2.12. The Balaban J connectivity index is 1.93. The van der Waals surface area contributed by atoms with Crippen molar-refractivity contribution in [3.05, 3.63) is 53.0 Å². The molecule has 1 saturated heterocycles. The molecule has 1 aliphatic rings. The number of rotatable bonds is 5. The highest BCUT2D eigenvalue weighted by molar-refractivity contribution is 7.80. The molecule has 130 valence electrons. The second kappa shape index (κ2) is 7.19. The first-order valence-corrected chi connectivity index (χ1v) is 8.90. The second-order valence-corrected chi connectivity index (χ2v) is 6.52. The lowest BCUT2D eigenvalue weighted by molar-refractivity contribution is -0.122. The fourth-order valence-electron chi connectivity index (χ4n) is 2.92. The summed E-state index contributed by atoms with van der Waals surface area (Å²) in [5, 5.41) is 8.15. The van der Waals surface area contributed by atoms with E-state index in [-0.39, 0.29) is 5.91 Å². The number of benzene rings is 1. The lowest BCUT2D eigenvalue weighted by Crippen LogP contribution is -2.31. The summed E-state index contributed by atoms with van der Waals surface area (Å²) in [6.07, 6.45) is 3.82. The van der Waals surface area contributed by atoms with Crippen LogP contribution in [0.25, 0.3) is 11.8 Å². The van der Waals surface area contributed by atoms with Crippen molar-refractivity contribution in [1.29, 1.82) is 0 Å². The zero-order chi connectivity index (χ0) is 18.0. The van der Waals surface area contributed by atoms with Gasteiger partial charge in [-0.05, 0) is 50.7 Å². The molecule has 2 heterocycles. The number of hydrogen-bond acceptors (Lipinski definition) is 3. The van der Waals surface area contributed by atoms with Crippen molar-refractivity contribution in [2.45, 2.75) is 33.6 Å². The van der Waals surface area contributed by atoms with Gasteiger partial charge < -0.3 is 5.32 Å². The quantitative estimate of drug-likeness (QED) is 0.661. The Kier molecular flexibility index (Phi) is 4.99. The van der Waals surface area contributed by atoms with Crippen LogP contribution in [0.2, 0.25) is 0 Å². The van der Waals surface area contributed by atoms with Gasteiger partial charge in [0.1, 0.15) is 5.70 Å². The van der Waals surface area contributed by atoms with Gasteiger partial charge in [-0.3, -0.25) is 9.69 Å². The van der Waals surface area contributed by atoms with Crippen LogP contribution in [0.15, 0.2) is 36.0 Å². The highest BCUT2D eigenvalue weighted by Gasteiger charge is 2.30. The molecule has 1 aliphatic heterocycles. The number of aryl methyl sites for hydroxylation is 1. The van der Waals surface area contributed by atoms with Gasteiger partial charge in [-0.25, -0.2) is 4.68 Å². The van der Waals surface area contributed by atoms with E-state index in [0.29, 0.717) is 17.4 Å². The van der Waals surface area contributed by atoms with E-state index in [0.717, 1.165) is 35.5 Å². The van der Waals surface area contributed by atoms with Gasteiger partial charge >= 0.3 is 0 Å². The first-order chi connectivity index (χ1) is 12.0. The van der Waals surface area contributed by atoms with Crippen molar-refractivity contribution in [2.75, 3.05) is 6.54 Å². The van der Waals surface area contributed by atoms with E-state index in [1.807, 2.05) is 54.9 Å². The van der Waals surface area contributed by atoms with E-state index >= 15 is 0 Å². The monoisotopic (exact) mass is 354 g/mol. The van der Waals surface area contributed by atoms with E-state index in [1.165, 1.54) is 0 Å². The summed E-state index contributed by atoms with van der Waals surface area (Å²) in [7, 11) is 0. The Morgan fingerprint density at radius 3 is 2.64 bits per heavy atom. The molecule has 3 rings (SSSR count). The molecular weight excluding hydrogens is 332 g/mol. The number of aromatic nitrogens is 2. The maximum Gasteiger partial charge on any atom is 0.276 e. The Hall–Kier alpha value is -2.47. The molecular formula is C19H22N4OS. The predicted octanol–water partition coefficient (Wildman–Crippen LogP) is 3.35. The third kappa shape index (κ3) is 3.35.